The minimum absolute atomic E-state index is 0.0708. The molecule has 156 valence electrons. The zero-order chi connectivity index (χ0) is 21.3. The summed E-state index contributed by atoms with van der Waals surface area (Å²) < 4.78 is 27.4. The Bertz CT molecular complexity index is 958. The molecule has 1 amide bonds. The fourth-order valence-corrected chi connectivity index (χ4v) is 3.74. The van der Waals surface area contributed by atoms with Gasteiger partial charge in [0.15, 0.2) is 0 Å². The molecule has 7 N–H and O–H groups in total. The highest BCUT2D eigenvalue weighted by atomic mass is 32.2. The number of aryl methyl sites for hydroxylation is 1. The Morgan fingerprint density at radius 3 is 2.55 bits per heavy atom. The van der Waals surface area contributed by atoms with Crippen molar-refractivity contribution in [2.75, 3.05) is 17.9 Å². The molecule has 0 saturated heterocycles. The molecular weight excluding hydrogens is 394 g/mol. The van der Waals surface area contributed by atoms with Gasteiger partial charge in [-0.2, -0.15) is 0 Å². The van der Waals surface area contributed by atoms with Gasteiger partial charge in [0.05, 0.1) is 18.7 Å². The van der Waals surface area contributed by atoms with Gasteiger partial charge < -0.3 is 10.2 Å². The van der Waals surface area contributed by atoms with Crippen molar-refractivity contribution in [2.24, 2.45) is 11.5 Å². The lowest BCUT2D eigenvalue weighted by Crippen LogP contribution is -2.77. The van der Waals surface area contributed by atoms with Crippen molar-refractivity contribution in [1.82, 2.24) is 5.32 Å². The van der Waals surface area contributed by atoms with E-state index in [0.717, 1.165) is 11.1 Å². The molecule has 0 atom stereocenters. The molecule has 0 aliphatic heterocycles. The van der Waals surface area contributed by atoms with E-state index in [0.29, 0.717) is 11.3 Å². The number of amides is 1. The van der Waals surface area contributed by atoms with Crippen LogP contribution in [0.1, 0.15) is 16.7 Å². The van der Waals surface area contributed by atoms with Crippen molar-refractivity contribution in [1.29, 1.82) is 0 Å². The number of nitrogens with two attached hydrogens (primary N) is 2. The van der Waals surface area contributed by atoms with Gasteiger partial charge in [-0.05, 0) is 35.7 Å². The van der Waals surface area contributed by atoms with Crippen molar-refractivity contribution in [3.8, 4) is 0 Å². The first-order valence-electron chi connectivity index (χ1n) is 8.91. The van der Waals surface area contributed by atoms with Crippen LogP contribution in [-0.4, -0.2) is 33.4 Å². The minimum atomic E-state index is -3.57. The summed E-state index contributed by atoms with van der Waals surface area (Å²) in [6.45, 7) is 2.31. The molecule has 0 aliphatic rings. The van der Waals surface area contributed by atoms with Crippen LogP contribution in [0.25, 0.3) is 0 Å². The van der Waals surface area contributed by atoms with E-state index in [-0.39, 0.29) is 37.2 Å². The Balaban J connectivity index is 1.95. The highest BCUT2D eigenvalue weighted by Gasteiger charge is 2.13. The summed E-state index contributed by atoms with van der Waals surface area (Å²) in [5, 5.41) is 4.98. The summed E-state index contributed by atoms with van der Waals surface area (Å²) in [6, 6.07) is 14.0. The van der Waals surface area contributed by atoms with Gasteiger partial charge in [-0.1, -0.05) is 36.4 Å². The first-order valence-corrected chi connectivity index (χ1v) is 10.6. The van der Waals surface area contributed by atoms with Gasteiger partial charge in [-0.15, -0.1) is 5.16 Å². The number of carbonyl (C=O) groups is 1. The molecule has 0 fully saturated rings. The monoisotopic (exact) mass is 420 g/mol. The first kappa shape index (κ1) is 22.0. The molecule has 0 unspecified atom stereocenters. The zero-order valence-electron chi connectivity index (χ0n) is 16.1. The van der Waals surface area contributed by atoms with E-state index in [4.69, 9.17) is 16.3 Å². The van der Waals surface area contributed by atoms with Crippen LogP contribution >= 0.6 is 0 Å². The Labute approximate surface area is 170 Å². The number of hydrogen-bond acceptors (Lipinski definition) is 4. The Hall–Kier alpha value is -3.27. The molecule has 2 aromatic rings. The number of anilines is 1. The third kappa shape index (κ3) is 8.09. The molecule has 0 aliphatic carbocycles. The van der Waals surface area contributed by atoms with Crippen molar-refractivity contribution in [2.45, 2.75) is 19.1 Å². The average Bonchev–Trinajstić information content (AvgIpc) is 2.64. The standard InChI is InChI=1S/C19H25N5O4S/c1-14-7-8-17(24-29(26,27)13-15-5-3-2-4-6-15)11-16(14)12-18(25)22-9-10-28-23-19(20)21/h2-8,11,24H,9-10,12-13H2,1H3,(H,22,25)(H4,20,21,23)/p+1. The SMILES string of the molecule is Cc1ccc(NS(=O)(=O)Cc2ccccc2)cc1CC(=O)NCCO[NH+]=C(N)N. The number of guanidine groups is 1. The number of rotatable bonds is 10. The summed E-state index contributed by atoms with van der Waals surface area (Å²) >= 11 is 0. The Morgan fingerprint density at radius 2 is 1.86 bits per heavy atom. The number of carbonyl (C=O) groups excluding carboxylic acids is 1. The molecule has 0 heterocycles. The third-order valence-corrected chi connectivity index (χ3v) is 5.15. The predicted molar refractivity (Wildman–Crippen MR) is 111 cm³/mol. The highest BCUT2D eigenvalue weighted by Crippen LogP contribution is 2.18. The molecule has 0 bridgehead atoms. The van der Waals surface area contributed by atoms with Gasteiger partial charge in [-0.3, -0.25) is 21.0 Å². The highest BCUT2D eigenvalue weighted by molar-refractivity contribution is 7.91. The maximum atomic E-state index is 12.4. The van der Waals surface area contributed by atoms with Crippen LogP contribution in [0.4, 0.5) is 5.69 Å². The van der Waals surface area contributed by atoms with Crippen LogP contribution in [0, 0.1) is 6.92 Å². The molecule has 2 aromatic carbocycles. The Morgan fingerprint density at radius 1 is 1.14 bits per heavy atom. The maximum Gasteiger partial charge on any atom is 0.375 e. The van der Waals surface area contributed by atoms with Crippen molar-refractivity contribution < 1.29 is 23.2 Å². The van der Waals surface area contributed by atoms with Crippen LogP contribution in [0.5, 0.6) is 0 Å². The van der Waals surface area contributed by atoms with Crippen LogP contribution in [0.3, 0.4) is 0 Å². The summed E-state index contributed by atoms with van der Waals surface area (Å²) in [5.41, 5.74) is 13.1. The maximum absolute atomic E-state index is 12.4. The van der Waals surface area contributed by atoms with Crippen LogP contribution in [0.15, 0.2) is 48.5 Å². The van der Waals surface area contributed by atoms with E-state index in [1.165, 1.54) is 0 Å². The zero-order valence-corrected chi connectivity index (χ0v) is 17.0. The van der Waals surface area contributed by atoms with Gasteiger partial charge in [0.25, 0.3) is 0 Å². The largest absolute Gasteiger partial charge is 0.375 e. The lowest BCUT2D eigenvalue weighted by molar-refractivity contribution is -0.753. The van der Waals surface area contributed by atoms with E-state index in [2.05, 4.69) is 15.2 Å². The topological polar surface area (TPSA) is 151 Å². The van der Waals surface area contributed by atoms with E-state index < -0.39 is 10.0 Å². The van der Waals surface area contributed by atoms with E-state index in [1.54, 1.807) is 42.5 Å². The van der Waals surface area contributed by atoms with Crippen molar-refractivity contribution in [3.05, 3.63) is 65.2 Å². The van der Waals surface area contributed by atoms with Gasteiger partial charge in [-0.25, -0.2) is 8.42 Å². The van der Waals surface area contributed by atoms with Crippen LogP contribution in [-0.2, 0) is 31.8 Å². The number of benzene rings is 2. The number of nitrogens with one attached hydrogen (secondary N) is 3. The predicted octanol–water partition coefficient (Wildman–Crippen LogP) is -1.12. The lowest BCUT2D eigenvalue weighted by Gasteiger charge is -2.12. The molecule has 10 heteroatoms. The second-order valence-corrected chi connectivity index (χ2v) is 8.14. The van der Waals surface area contributed by atoms with Crippen molar-refractivity contribution in [3.63, 3.8) is 0 Å². The quantitative estimate of drug-likeness (QED) is 0.142. The fourth-order valence-electron chi connectivity index (χ4n) is 2.55. The molecule has 29 heavy (non-hydrogen) atoms. The van der Waals surface area contributed by atoms with Crippen molar-refractivity contribution >= 4 is 27.6 Å². The summed E-state index contributed by atoms with van der Waals surface area (Å²) in [4.78, 5) is 17.0. The van der Waals surface area contributed by atoms with E-state index in [9.17, 15) is 13.2 Å². The van der Waals surface area contributed by atoms with E-state index >= 15 is 0 Å². The third-order valence-electron chi connectivity index (χ3n) is 3.89. The van der Waals surface area contributed by atoms with Crippen LogP contribution in [0.2, 0.25) is 0 Å². The fraction of sp³-hybridized carbons (Fsp3) is 0.263. The second-order valence-electron chi connectivity index (χ2n) is 6.42. The van der Waals surface area contributed by atoms with Gasteiger partial charge in [0.1, 0.15) is 6.61 Å². The molecule has 0 aromatic heterocycles. The molecular formula is C19H26N5O4S+. The van der Waals surface area contributed by atoms with E-state index in [1.807, 2.05) is 13.0 Å². The smallest absolute Gasteiger partial charge is 0.362 e. The number of sulfonamides is 1. The second kappa shape index (κ2) is 10.3. The average molecular weight is 421 g/mol. The molecule has 0 radical (unpaired) electrons. The molecule has 0 saturated carbocycles. The van der Waals surface area contributed by atoms with Gasteiger partial charge in [0.2, 0.25) is 15.9 Å². The summed E-state index contributed by atoms with van der Waals surface area (Å²) in [6.07, 6.45) is 0.110. The van der Waals surface area contributed by atoms with Crippen LogP contribution < -0.4 is 26.7 Å². The summed E-state index contributed by atoms with van der Waals surface area (Å²) in [7, 11) is -3.57. The lowest BCUT2D eigenvalue weighted by atomic mass is 10.0. The Kier molecular flexibility index (Phi) is 7.84. The molecule has 0 spiro atoms. The first-order chi connectivity index (χ1) is 13.7. The minimum Gasteiger partial charge on any atom is -0.362 e. The van der Waals surface area contributed by atoms with Gasteiger partial charge >= 0.3 is 5.96 Å². The number of hydrogen-bond donors (Lipinski definition) is 5. The normalized spacial score (nSPS) is 10.8. The van der Waals surface area contributed by atoms with Gasteiger partial charge in [0, 0.05) is 5.69 Å². The summed E-state index contributed by atoms with van der Waals surface area (Å²) in [5.74, 6) is -0.416. The molecule has 2 rings (SSSR count). The molecule has 9 nitrogen and oxygen atoms in total.